The van der Waals surface area contributed by atoms with Gasteiger partial charge in [-0.1, -0.05) is 24.9 Å². The number of benzene rings is 1. The molecule has 0 aliphatic rings. The zero-order valence-electron chi connectivity index (χ0n) is 15.4. The zero-order chi connectivity index (χ0) is 18.8. The van der Waals surface area contributed by atoms with Gasteiger partial charge in [0.05, 0.1) is 7.11 Å². The van der Waals surface area contributed by atoms with Gasteiger partial charge in [-0.3, -0.25) is 4.72 Å². The third-order valence-electron chi connectivity index (χ3n) is 3.47. The van der Waals surface area contributed by atoms with Crippen molar-refractivity contribution in [2.45, 2.75) is 38.5 Å². The molecular formula is C19H26ClN3OS. The fourth-order valence-corrected chi connectivity index (χ4v) is 3.10. The quantitative estimate of drug-likeness (QED) is 0.406. The van der Waals surface area contributed by atoms with E-state index >= 15 is 0 Å². The highest BCUT2D eigenvalue weighted by molar-refractivity contribution is 7.97. The van der Waals surface area contributed by atoms with Gasteiger partial charge >= 0.3 is 0 Å². The predicted octanol–water partition coefficient (Wildman–Crippen LogP) is 5.31. The smallest absolute Gasteiger partial charge is 0.129 e. The number of rotatable bonds is 6. The van der Waals surface area contributed by atoms with Crippen LogP contribution in [-0.2, 0) is 6.42 Å². The molecule has 0 atom stereocenters. The number of aryl methyl sites for hydroxylation is 2. The zero-order valence-corrected chi connectivity index (χ0v) is 17.0. The van der Waals surface area contributed by atoms with E-state index in [0.29, 0.717) is 10.9 Å². The molecule has 0 aliphatic heterocycles. The van der Waals surface area contributed by atoms with Crippen LogP contribution < -0.4 is 9.46 Å². The minimum atomic E-state index is 0.479. The fourth-order valence-electron chi connectivity index (χ4n) is 2.32. The molecule has 4 nitrogen and oxygen atoms in total. The van der Waals surface area contributed by atoms with Gasteiger partial charge in [0.25, 0.3) is 0 Å². The third kappa shape index (κ3) is 7.06. The van der Waals surface area contributed by atoms with Crippen molar-refractivity contribution in [1.82, 2.24) is 9.71 Å². The van der Waals surface area contributed by atoms with Gasteiger partial charge in [-0.2, -0.15) is 0 Å². The maximum absolute atomic E-state index is 7.36. The lowest BCUT2D eigenvalue weighted by molar-refractivity contribution is 0.409. The molecular weight excluding hydrogens is 354 g/mol. The van der Waals surface area contributed by atoms with Crippen LogP contribution in [0.15, 0.2) is 35.4 Å². The summed E-state index contributed by atoms with van der Waals surface area (Å²) in [7, 11) is 3.65. The van der Waals surface area contributed by atoms with Crippen molar-refractivity contribution in [3.05, 3.63) is 52.3 Å². The second-order valence-electron chi connectivity index (χ2n) is 5.48. The first-order chi connectivity index (χ1) is 11.9. The Bertz CT molecular complexity index is 707. The van der Waals surface area contributed by atoms with Crippen molar-refractivity contribution in [3.8, 4) is 5.75 Å². The third-order valence-corrected chi connectivity index (χ3v) is 4.37. The summed E-state index contributed by atoms with van der Waals surface area (Å²) in [6, 6.07) is 8.04. The summed E-state index contributed by atoms with van der Waals surface area (Å²) in [5, 5.41) is 7.84. The summed E-state index contributed by atoms with van der Waals surface area (Å²) in [5.41, 5.74) is 3.66. The maximum Gasteiger partial charge on any atom is 0.129 e. The van der Waals surface area contributed by atoms with Crippen molar-refractivity contribution in [3.63, 3.8) is 0 Å². The number of pyridine rings is 1. The minimum Gasteiger partial charge on any atom is -0.496 e. The van der Waals surface area contributed by atoms with Crippen LogP contribution in [0, 0.1) is 12.3 Å². The van der Waals surface area contributed by atoms with E-state index in [-0.39, 0.29) is 0 Å². The number of nitrogens with zero attached hydrogens (tertiary/aromatic N) is 1. The molecule has 0 fully saturated rings. The van der Waals surface area contributed by atoms with Crippen LogP contribution in [0.4, 0.5) is 0 Å². The van der Waals surface area contributed by atoms with Gasteiger partial charge in [-0.15, -0.1) is 0 Å². The normalized spacial score (nSPS) is 10.0. The highest BCUT2D eigenvalue weighted by Gasteiger charge is 2.03. The Morgan fingerprint density at radius 3 is 2.60 bits per heavy atom. The van der Waals surface area contributed by atoms with Crippen molar-refractivity contribution in [2.24, 2.45) is 0 Å². The van der Waals surface area contributed by atoms with Crippen molar-refractivity contribution >= 4 is 29.3 Å². The van der Waals surface area contributed by atoms with Crippen molar-refractivity contribution in [2.75, 3.05) is 14.2 Å². The van der Waals surface area contributed by atoms with Gasteiger partial charge < -0.3 is 10.1 Å². The monoisotopic (exact) mass is 379 g/mol. The van der Waals surface area contributed by atoms with Crippen LogP contribution in [-0.4, -0.2) is 24.9 Å². The van der Waals surface area contributed by atoms with Crippen molar-refractivity contribution in [1.29, 1.82) is 5.41 Å². The summed E-state index contributed by atoms with van der Waals surface area (Å²) in [6.07, 6.45) is 3.84. The van der Waals surface area contributed by atoms with E-state index in [9.17, 15) is 0 Å². The van der Waals surface area contributed by atoms with Crippen LogP contribution >= 0.6 is 23.5 Å². The van der Waals surface area contributed by atoms with Crippen LogP contribution in [0.25, 0.3) is 0 Å². The summed E-state index contributed by atoms with van der Waals surface area (Å²) in [5.74, 6) is 0.993. The average molecular weight is 380 g/mol. The first-order valence-corrected chi connectivity index (χ1v) is 9.30. The molecule has 0 saturated heterocycles. The molecule has 25 heavy (non-hydrogen) atoms. The second-order valence-corrected chi connectivity index (χ2v) is 6.95. The van der Waals surface area contributed by atoms with Crippen LogP contribution in [0.1, 0.15) is 37.0 Å². The number of ether oxygens (including phenoxy) is 1. The van der Waals surface area contributed by atoms with E-state index in [4.69, 9.17) is 21.7 Å². The Morgan fingerprint density at radius 2 is 2.08 bits per heavy atom. The van der Waals surface area contributed by atoms with E-state index in [2.05, 4.69) is 28.8 Å². The van der Waals surface area contributed by atoms with E-state index in [1.165, 1.54) is 10.5 Å². The lowest BCUT2D eigenvalue weighted by Crippen LogP contribution is -1.96. The summed E-state index contributed by atoms with van der Waals surface area (Å²) in [6.45, 7) is 5.83. The van der Waals surface area contributed by atoms with E-state index in [0.717, 1.165) is 29.7 Å². The molecule has 2 N–H and O–H groups in total. The number of hydrogen-bond acceptors (Lipinski definition) is 5. The average Bonchev–Trinajstić information content (AvgIpc) is 2.56. The van der Waals surface area contributed by atoms with E-state index in [1.54, 1.807) is 38.2 Å². The topological polar surface area (TPSA) is 58.0 Å². The Morgan fingerprint density at radius 1 is 1.36 bits per heavy atom. The molecule has 2 rings (SSSR count). The van der Waals surface area contributed by atoms with E-state index in [1.807, 2.05) is 20.0 Å². The fraction of sp³-hybridized carbons (Fsp3) is 0.368. The maximum atomic E-state index is 7.36. The minimum absolute atomic E-state index is 0.479. The van der Waals surface area contributed by atoms with Gasteiger partial charge in [0.2, 0.25) is 0 Å². The SMILES string of the molecule is CC(=N)c1cnc(Cl)cc1C.CCCc1cc(SNC)ccc1OC. The van der Waals surface area contributed by atoms with Crippen molar-refractivity contribution < 1.29 is 4.74 Å². The number of aromatic nitrogens is 1. The molecule has 6 heteroatoms. The van der Waals surface area contributed by atoms with Gasteiger partial charge in [-0.25, -0.2) is 4.98 Å². The molecule has 2 aromatic rings. The number of methoxy groups -OCH3 is 1. The molecule has 1 aromatic heterocycles. The summed E-state index contributed by atoms with van der Waals surface area (Å²) in [4.78, 5) is 5.12. The number of hydrogen-bond donors (Lipinski definition) is 2. The van der Waals surface area contributed by atoms with E-state index < -0.39 is 0 Å². The highest BCUT2D eigenvalue weighted by atomic mass is 35.5. The standard InChI is InChI=1S/C11H17NOS.C8H9ClN2/c1-4-5-9-8-10(14-12-2)6-7-11(9)13-3;1-5-3-8(9)11-4-7(5)6(2)10/h6-8,12H,4-5H2,1-3H3;3-4,10H,1-2H3. The summed E-state index contributed by atoms with van der Waals surface area (Å²) < 4.78 is 8.37. The summed E-state index contributed by atoms with van der Waals surface area (Å²) >= 11 is 7.27. The van der Waals surface area contributed by atoms with Crippen LogP contribution in [0.2, 0.25) is 5.15 Å². The molecule has 1 aromatic carbocycles. The van der Waals surface area contributed by atoms with Crippen LogP contribution in [0.3, 0.4) is 0 Å². The molecule has 0 amide bonds. The Balaban J connectivity index is 0.000000257. The molecule has 0 spiro atoms. The van der Waals surface area contributed by atoms with Gasteiger partial charge in [-0.05, 0) is 74.7 Å². The van der Waals surface area contributed by atoms with Gasteiger partial charge in [0.1, 0.15) is 10.9 Å². The number of halogens is 1. The molecule has 136 valence electrons. The van der Waals surface area contributed by atoms with Gasteiger partial charge in [0, 0.05) is 22.4 Å². The largest absolute Gasteiger partial charge is 0.496 e. The Hall–Kier alpha value is -1.56. The Labute approximate surface area is 160 Å². The molecule has 1 heterocycles. The molecule has 0 unspecified atom stereocenters. The van der Waals surface area contributed by atoms with Gasteiger partial charge in [0.15, 0.2) is 0 Å². The molecule has 0 bridgehead atoms. The lowest BCUT2D eigenvalue weighted by Gasteiger charge is -2.09. The lowest BCUT2D eigenvalue weighted by atomic mass is 10.1. The Kier molecular flexibility index (Phi) is 9.57. The van der Waals surface area contributed by atoms with Crippen LogP contribution in [0.5, 0.6) is 5.75 Å². The molecule has 0 saturated carbocycles. The second kappa shape index (κ2) is 11.1. The highest BCUT2D eigenvalue weighted by Crippen LogP contribution is 2.25. The first kappa shape index (κ1) is 21.5. The first-order valence-electron chi connectivity index (χ1n) is 8.11. The molecule has 0 radical (unpaired) electrons. The predicted molar refractivity (Wildman–Crippen MR) is 108 cm³/mol. The molecule has 0 aliphatic carbocycles. The number of nitrogens with one attached hydrogen (secondary N) is 2.